The van der Waals surface area contributed by atoms with Crippen LogP contribution in [0.1, 0.15) is 21.9 Å². The van der Waals surface area contributed by atoms with E-state index in [0.29, 0.717) is 29.2 Å². The third kappa shape index (κ3) is 2.64. The number of aromatic nitrogens is 2. The molecular formula is C12H9ClN2O. The molecule has 16 heavy (non-hydrogen) atoms. The average molecular weight is 233 g/mol. The van der Waals surface area contributed by atoms with Crippen LogP contribution in [0.5, 0.6) is 0 Å². The maximum Gasteiger partial charge on any atom is 0.168 e. The highest BCUT2D eigenvalue weighted by molar-refractivity contribution is 6.30. The van der Waals surface area contributed by atoms with Crippen LogP contribution in [0.2, 0.25) is 5.02 Å². The van der Waals surface area contributed by atoms with Crippen LogP contribution in [0.15, 0.2) is 36.5 Å². The van der Waals surface area contributed by atoms with Crippen molar-refractivity contribution in [1.82, 2.24) is 9.97 Å². The Kier molecular flexibility index (Phi) is 3.27. The van der Waals surface area contributed by atoms with E-state index in [-0.39, 0.29) is 0 Å². The first-order chi connectivity index (χ1) is 7.78. The Morgan fingerprint density at radius 2 is 2.19 bits per heavy atom. The van der Waals surface area contributed by atoms with Gasteiger partial charge in [-0.05, 0) is 23.8 Å². The first-order valence-electron chi connectivity index (χ1n) is 4.79. The van der Waals surface area contributed by atoms with Crippen molar-refractivity contribution in [3.63, 3.8) is 0 Å². The molecular weight excluding hydrogens is 224 g/mol. The summed E-state index contributed by atoms with van der Waals surface area (Å²) in [6.07, 6.45) is 2.86. The standard InChI is InChI=1S/C12H9ClN2O/c13-10-3-1-2-9(6-10)7-12-14-5-4-11(8-16)15-12/h1-6,8H,7H2. The molecule has 2 rings (SSSR count). The normalized spacial score (nSPS) is 10.1. The number of carbonyl (C=O) groups excluding carboxylic acids is 1. The van der Waals surface area contributed by atoms with Crippen LogP contribution in [0, 0.1) is 0 Å². The van der Waals surface area contributed by atoms with E-state index >= 15 is 0 Å². The van der Waals surface area contributed by atoms with Crippen LogP contribution >= 0.6 is 11.6 Å². The second-order valence-electron chi connectivity index (χ2n) is 3.32. The second kappa shape index (κ2) is 4.86. The lowest BCUT2D eigenvalue weighted by Crippen LogP contribution is -1.99. The van der Waals surface area contributed by atoms with Gasteiger partial charge >= 0.3 is 0 Å². The van der Waals surface area contributed by atoms with E-state index in [1.165, 1.54) is 0 Å². The van der Waals surface area contributed by atoms with Gasteiger partial charge in [0.1, 0.15) is 11.5 Å². The van der Waals surface area contributed by atoms with Crippen LogP contribution in [-0.2, 0) is 6.42 Å². The molecule has 2 aromatic rings. The van der Waals surface area contributed by atoms with E-state index in [9.17, 15) is 4.79 Å². The topological polar surface area (TPSA) is 42.9 Å². The Balaban J connectivity index is 2.23. The largest absolute Gasteiger partial charge is 0.296 e. The van der Waals surface area contributed by atoms with E-state index in [0.717, 1.165) is 5.56 Å². The van der Waals surface area contributed by atoms with Crippen molar-refractivity contribution < 1.29 is 4.79 Å². The summed E-state index contributed by atoms with van der Waals surface area (Å²) in [6, 6.07) is 9.07. The van der Waals surface area contributed by atoms with Gasteiger partial charge in [-0.25, -0.2) is 9.97 Å². The number of aldehydes is 1. The molecule has 1 aromatic heterocycles. The molecule has 3 nitrogen and oxygen atoms in total. The van der Waals surface area contributed by atoms with Crippen molar-refractivity contribution in [2.24, 2.45) is 0 Å². The Bertz CT molecular complexity index is 514. The van der Waals surface area contributed by atoms with Gasteiger partial charge in [-0.1, -0.05) is 23.7 Å². The highest BCUT2D eigenvalue weighted by atomic mass is 35.5. The third-order valence-corrected chi connectivity index (χ3v) is 2.33. The van der Waals surface area contributed by atoms with Gasteiger partial charge in [0.25, 0.3) is 0 Å². The molecule has 0 radical (unpaired) electrons. The Hall–Kier alpha value is -1.74. The number of carbonyl (C=O) groups is 1. The van der Waals surface area contributed by atoms with E-state index in [1.54, 1.807) is 12.3 Å². The summed E-state index contributed by atoms with van der Waals surface area (Å²) in [7, 11) is 0. The molecule has 80 valence electrons. The summed E-state index contributed by atoms with van der Waals surface area (Å²) in [5.41, 5.74) is 1.42. The molecule has 0 aliphatic rings. The molecule has 1 aromatic carbocycles. The summed E-state index contributed by atoms with van der Waals surface area (Å²) < 4.78 is 0. The van der Waals surface area contributed by atoms with Gasteiger partial charge in [0.05, 0.1) is 0 Å². The molecule has 0 bridgehead atoms. The van der Waals surface area contributed by atoms with Gasteiger partial charge in [0.15, 0.2) is 6.29 Å². The maximum atomic E-state index is 10.6. The third-order valence-electron chi connectivity index (χ3n) is 2.10. The van der Waals surface area contributed by atoms with E-state index in [4.69, 9.17) is 11.6 Å². The van der Waals surface area contributed by atoms with Crippen LogP contribution in [0.25, 0.3) is 0 Å². The van der Waals surface area contributed by atoms with Gasteiger partial charge in [-0.2, -0.15) is 0 Å². The SMILES string of the molecule is O=Cc1ccnc(Cc2cccc(Cl)c2)n1. The van der Waals surface area contributed by atoms with Crippen molar-refractivity contribution in [2.45, 2.75) is 6.42 Å². The predicted octanol–water partition coefficient (Wildman–Crippen LogP) is 2.53. The molecule has 0 aliphatic heterocycles. The first-order valence-corrected chi connectivity index (χ1v) is 5.17. The van der Waals surface area contributed by atoms with Crippen molar-refractivity contribution >= 4 is 17.9 Å². The average Bonchev–Trinajstić information content (AvgIpc) is 2.29. The predicted molar refractivity (Wildman–Crippen MR) is 61.7 cm³/mol. The number of hydrogen-bond acceptors (Lipinski definition) is 3. The summed E-state index contributed by atoms with van der Waals surface area (Å²) in [6.45, 7) is 0. The van der Waals surface area contributed by atoms with Gasteiger partial charge in [-0.15, -0.1) is 0 Å². The monoisotopic (exact) mass is 232 g/mol. The van der Waals surface area contributed by atoms with Crippen molar-refractivity contribution in [2.75, 3.05) is 0 Å². The fourth-order valence-corrected chi connectivity index (χ4v) is 1.61. The quantitative estimate of drug-likeness (QED) is 0.764. The molecule has 0 saturated carbocycles. The highest BCUT2D eigenvalue weighted by Crippen LogP contribution is 2.12. The number of benzene rings is 1. The van der Waals surface area contributed by atoms with E-state index in [1.807, 2.05) is 24.3 Å². The zero-order valence-electron chi connectivity index (χ0n) is 8.43. The van der Waals surface area contributed by atoms with E-state index in [2.05, 4.69) is 9.97 Å². The minimum Gasteiger partial charge on any atom is -0.296 e. The summed E-state index contributed by atoms with van der Waals surface area (Å²) >= 11 is 5.87. The van der Waals surface area contributed by atoms with Crippen LogP contribution < -0.4 is 0 Å². The second-order valence-corrected chi connectivity index (χ2v) is 3.76. The Morgan fingerprint density at radius 3 is 2.94 bits per heavy atom. The fraction of sp³-hybridized carbons (Fsp3) is 0.0833. The summed E-state index contributed by atoms with van der Waals surface area (Å²) in [5, 5.41) is 0.684. The number of halogens is 1. The molecule has 0 aliphatic carbocycles. The first kappa shape index (κ1) is 10.8. The molecule has 0 saturated heterocycles. The maximum absolute atomic E-state index is 10.6. The Morgan fingerprint density at radius 1 is 1.31 bits per heavy atom. The van der Waals surface area contributed by atoms with Crippen molar-refractivity contribution in [3.8, 4) is 0 Å². The zero-order valence-corrected chi connectivity index (χ0v) is 9.19. The van der Waals surface area contributed by atoms with Crippen LogP contribution in [-0.4, -0.2) is 16.3 Å². The van der Waals surface area contributed by atoms with Gasteiger partial charge in [0.2, 0.25) is 0 Å². The fourth-order valence-electron chi connectivity index (χ4n) is 1.40. The van der Waals surface area contributed by atoms with Gasteiger partial charge in [0, 0.05) is 17.6 Å². The zero-order chi connectivity index (χ0) is 11.4. The Labute approximate surface area is 98.1 Å². The van der Waals surface area contributed by atoms with Crippen molar-refractivity contribution in [3.05, 3.63) is 58.6 Å². The number of hydrogen-bond donors (Lipinski definition) is 0. The van der Waals surface area contributed by atoms with Crippen molar-refractivity contribution in [1.29, 1.82) is 0 Å². The summed E-state index contributed by atoms with van der Waals surface area (Å²) in [5.74, 6) is 0.617. The molecule has 0 amide bonds. The molecule has 4 heteroatoms. The lowest BCUT2D eigenvalue weighted by molar-refractivity contribution is 0.111. The molecule has 0 atom stereocenters. The van der Waals surface area contributed by atoms with Crippen LogP contribution in [0.3, 0.4) is 0 Å². The number of nitrogens with zero attached hydrogens (tertiary/aromatic N) is 2. The lowest BCUT2D eigenvalue weighted by Gasteiger charge is -2.01. The lowest BCUT2D eigenvalue weighted by atomic mass is 10.1. The minimum absolute atomic E-state index is 0.395. The van der Waals surface area contributed by atoms with E-state index < -0.39 is 0 Å². The van der Waals surface area contributed by atoms with Gasteiger partial charge < -0.3 is 0 Å². The van der Waals surface area contributed by atoms with Gasteiger partial charge in [-0.3, -0.25) is 4.79 Å². The minimum atomic E-state index is 0.395. The molecule has 0 N–H and O–H groups in total. The molecule has 1 heterocycles. The number of rotatable bonds is 3. The molecule has 0 spiro atoms. The molecule has 0 fully saturated rings. The smallest absolute Gasteiger partial charge is 0.168 e. The van der Waals surface area contributed by atoms with Crippen LogP contribution in [0.4, 0.5) is 0 Å². The summed E-state index contributed by atoms with van der Waals surface area (Å²) in [4.78, 5) is 18.7. The molecule has 0 unspecified atom stereocenters. The highest BCUT2D eigenvalue weighted by Gasteiger charge is 2.01.